The molecule has 0 aliphatic rings. The van der Waals surface area contributed by atoms with Gasteiger partial charge in [0.1, 0.15) is 4.88 Å². The number of ketones is 1. The lowest BCUT2D eigenvalue weighted by Crippen LogP contribution is -2.16. The summed E-state index contributed by atoms with van der Waals surface area (Å²) >= 11 is 2.77. The molecule has 2 aromatic rings. The minimum Gasteiger partial charge on any atom is -0.288 e. The molecule has 0 aliphatic heterocycles. The molecule has 0 atom stereocenters. The number of hydrogen-bond donors (Lipinski definition) is 0. The van der Waals surface area contributed by atoms with E-state index < -0.39 is 0 Å². The standard InChI is InChI=1S/C12H14N2OS2/c1-7-8(5-6-16-7)9(15)10-11(12(2,3)4)13-14-17-10/h5-6H,1-4H3. The first-order valence-electron chi connectivity index (χ1n) is 5.33. The summed E-state index contributed by atoms with van der Waals surface area (Å²) in [5.41, 5.74) is 1.41. The quantitative estimate of drug-likeness (QED) is 0.782. The average Bonchev–Trinajstić information content (AvgIpc) is 2.82. The highest BCUT2D eigenvalue weighted by Gasteiger charge is 2.27. The van der Waals surface area contributed by atoms with Crippen molar-refractivity contribution >= 4 is 28.7 Å². The first-order chi connectivity index (χ1) is 7.91. The second kappa shape index (κ2) is 4.31. The fourth-order valence-corrected chi connectivity index (χ4v) is 3.10. The molecule has 0 N–H and O–H groups in total. The number of aromatic nitrogens is 2. The van der Waals surface area contributed by atoms with Crippen molar-refractivity contribution in [2.75, 3.05) is 0 Å². The Bertz CT molecular complexity index is 549. The fraction of sp³-hybridized carbons (Fsp3) is 0.417. The summed E-state index contributed by atoms with van der Waals surface area (Å²) in [5.74, 6) is 0.0451. The third-order valence-electron chi connectivity index (χ3n) is 2.51. The van der Waals surface area contributed by atoms with Crippen molar-refractivity contribution in [1.29, 1.82) is 0 Å². The van der Waals surface area contributed by atoms with Crippen LogP contribution in [0.2, 0.25) is 0 Å². The van der Waals surface area contributed by atoms with Crippen molar-refractivity contribution in [1.82, 2.24) is 9.59 Å². The molecule has 0 amide bonds. The minimum absolute atomic E-state index is 0.0451. The van der Waals surface area contributed by atoms with Crippen LogP contribution in [-0.2, 0) is 5.41 Å². The smallest absolute Gasteiger partial charge is 0.207 e. The van der Waals surface area contributed by atoms with E-state index in [0.29, 0.717) is 4.88 Å². The van der Waals surface area contributed by atoms with Crippen molar-refractivity contribution in [3.63, 3.8) is 0 Å². The third-order valence-corrected chi connectivity index (χ3v) is 4.08. The molecule has 0 saturated carbocycles. The molecule has 90 valence electrons. The Labute approximate surface area is 109 Å². The lowest BCUT2D eigenvalue weighted by Gasteiger charge is -2.15. The van der Waals surface area contributed by atoms with Gasteiger partial charge in [-0.3, -0.25) is 4.79 Å². The molecule has 17 heavy (non-hydrogen) atoms. The molecular formula is C12H14N2OS2. The molecule has 0 saturated heterocycles. The second-order valence-corrected chi connectivity index (χ2v) is 6.79. The van der Waals surface area contributed by atoms with Gasteiger partial charge in [0.2, 0.25) is 5.78 Å². The first kappa shape index (κ1) is 12.4. The molecule has 5 heteroatoms. The summed E-state index contributed by atoms with van der Waals surface area (Å²) in [6.45, 7) is 8.09. The van der Waals surface area contributed by atoms with Gasteiger partial charge in [-0.05, 0) is 29.9 Å². The Balaban J connectivity index is 2.46. The molecular weight excluding hydrogens is 252 g/mol. The summed E-state index contributed by atoms with van der Waals surface area (Å²) in [5, 5.41) is 6.04. The van der Waals surface area contributed by atoms with Crippen LogP contribution in [0.25, 0.3) is 0 Å². The molecule has 0 spiro atoms. The molecule has 0 aliphatic carbocycles. The summed E-state index contributed by atoms with van der Waals surface area (Å²) < 4.78 is 3.92. The van der Waals surface area contributed by atoms with Crippen LogP contribution in [0, 0.1) is 6.92 Å². The normalized spacial score (nSPS) is 11.8. The predicted octanol–water partition coefficient (Wildman–Crippen LogP) is 3.44. The second-order valence-electron chi connectivity index (χ2n) is 4.92. The molecule has 2 rings (SSSR count). The highest BCUT2D eigenvalue weighted by Crippen LogP contribution is 2.29. The van der Waals surface area contributed by atoms with Crippen LogP contribution in [0.15, 0.2) is 11.4 Å². The number of carbonyl (C=O) groups is 1. The zero-order valence-corrected chi connectivity index (χ0v) is 11.9. The third kappa shape index (κ3) is 2.30. The molecule has 0 fully saturated rings. The van der Waals surface area contributed by atoms with Gasteiger partial charge in [0.05, 0.1) is 5.69 Å². The van der Waals surface area contributed by atoms with Crippen LogP contribution in [0.4, 0.5) is 0 Å². The molecule has 0 radical (unpaired) electrons. The van der Waals surface area contributed by atoms with Gasteiger partial charge in [0.15, 0.2) is 0 Å². The Kier molecular flexibility index (Phi) is 3.14. The summed E-state index contributed by atoms with van der Waals surface area (Å²) in [6.07, 6.45) is 0. The topological polar surface area (TPSA) is 42.9 Å². The number of thiophene rings is 1. The van der Waals surface area contributed by atoms with Gasteiger partial charge in [-0.15, -0.1) is 16.4 Å². The fourth-order valence-electron chi connectivity index (χ4n) is 1.57. The van der Waals surface area contributed by atoms with Gasteiger partial charge in [-0.25, -0.2) is 0 Å². The van der Waals surface area contributed by atoms with E-state index in [1.165, 1.54) is 11.5 Å². The molecule has 0 unspecified atom stereocenters. The molecule has 0 aromatic carbocycles. The molecule has 2 heterocycles. The number of hydrogen-bond acceptors (Lipinski definition) is 5. The van der Waals surface area contributed by atoms with E-state index in [0.717, 1.165) is 16.1 Å². The van der Waals surface area contributed by atoms with Gasteiger partial charge in [-0.2, -0.15) is 0 Å². The number of rotatable bonds is 2. The van der Waals surface area contributed by atoms with Crippen LogP contribution in [0.5, 0.6) is 0 Å². The summed E-state index contributed by atoms with van der Waals surface area (Å²) in [6, 6.07) is 1.87. The van der Waals surface area contributed by atoms with Gasteiger partial charge in [-0.1, -0.05) is 25.3 Å². The maximum Gasteiger partial charge on any atom is 0.207 e. The van der Waals surface area contributed by atoms with Crippen molar-refractivity contribution in [2.24, 2.45) is 0 Å². The number of nitrogens with zero attached hydrogens (tertiary/aromatic N) is 2. The maximum atomic E-state index is 12.4. The van der Waals surface area contributed by atoms with E-state index in [1.807, 2.05) is 39.1 Å². The number of carbonyl (C=O) groups excluding carboxylic acids is 1. The Hall–Kier alpha value is -1.07. The molecule has 0 bridgehead atoms. The van der Waals surface area contributed by atoms with Crippen molar-refractivity contribution < 1.29 is 4.79 Å². The number of aryl methyl sites for hydroxylation is 1. The molecule has 3 nitrogen and oxygen atoms in total. The summed E-state index contributed by atoms with van der Waals surface area (Å²) in [4.78, 5) is 14.1. The Morgan fingerprint density at radius 2 is 2.06 bits per heavy atom. The van der Waals surface area contributed by atoms with Gasteiger partial charge in [0.25, 0.3) is 0 Å². The van der Waals surface area contributed by atoms with E-state index >= 15 is 0 Å². The van der Waals surface area contributed by atoms with E-state index in [9.17, 15) is 4.79 Å². The van der Waals surface area contributed by atoms with Crippen molar-refractivity contribution in [3.8, 4) is 0 Å². The minimum atomic E-state index is -0.151. The van der Waals surface area contributed by atoms with E-state index in [4.69, 9.17) is 0 Å². The zero-order valence-electron chi connectivity index (χ0n) is 10.3. The highest BCUT2D eigenvalue weighted by atomic mass is 32.1. The zero-order chi connectivity index (χ0) is 12.6. The maximum absolute atomic E-state index is 12.4. The van der Waals surface area contributed by atoms with Crippen molar-refractivity contribution in [2.45, 2.75) is 33.1 Å². The predicted molar refractivity (Wildman–Crippen MR) is 71.1 cm³/mol. The lowest BCUT2D eigenvalue weighted by atomic mass is 9.90. The molecule has 2 aromatic heterocycles. The van der Waals surface area contributed by atoms with Gasteiger partial charge >= 0.3 is 0 Å². The van der Waals surface area contributed by atoms with Crippen LogP contribution in [0.3, 0.4) is 0 Å². The first-order valence-corrected chi connectivity index (χ1v) is 6.98. The summed E-state index contributed by atoms with van der Waals surface area (Å²) in [7, 11) is 0. The largest absolute Gasteiger partial charge is 0.288 e. The van der Waals surface area contributed by atoms with Gasteiger partial charge < -0.3 is 0 Å². The average molecular weight is 266 g/mol. The Morgan fingerprint density at radius 3 is 2.59 bits per heavy atom. The van der Waals surface area contributed by atoms with Crippen LogP contribution in [-0.4, -0.2) is 15.4 Å². The van der Waals surface area contributed by atoms with E-state index in [1.54, 1.807) is 11.3 Å². The lowest BCUT2D eigenvalue weighted by molar-refractivity contribution is 0.104. The van der Waals surface area contributed by atoms with Crippen LogP contribution in [0.1, 0.15) is 46.6 Å². The van der Waals surface area contributed by atoms with Gasteiger partial charge in [0, 0.05) is 15.9 Å². The van der Waals surface area contributed by atoms with Crippen LogP contribution >= 0.6 is 22.9 Å². The van der Waals surface area contributed by atoms with E-state index in [-0.39, 0.29) is 11.2 Å². The monoisotopic (exact) mass is 266 g/mol. The highest BCUT2D eigenvalue weighted by molar-refractivity contribution is 7.11. The van der Waals surface area contributed by atoms with E-state index in [2.05, 4.69) is 9.59 Å². The van der Waals surface area contributed by atoms with Crippen molar-refractivity contribution in [3.05, 3.63) is 32.5 Å². The van der Waals surface area contributed by atoms with Crippen LogP contribution < -0.4 is 0 Å². The Morgan fingerprint density at radius 1 is 1.35 bits per heavy atom. The SMILES string of the molecule is Cc1sccc1C(=O)c1snnc1C(C)(C)C.